The van der Waals surface area contributed by atoms with Gasteiger partial charge in [0.05, 0.1) is 25.8 Å². The SMILES string of the molecule is COc1ccc([C@H]2CCCN2C(=O)c2ccsc2)cc1OC. The molecule has 0 radical (unpaired) electrons. The molecule has 116 valence electrons. The van der Waals surface area contributed by atoms with Gasteiger partial charge in [-0.05, 0) is 42.0 Å². The van der Waals surface area contributed by atoms with Gasteiger partial charge in [0.25, 0.3) is 5.91 Å². The zero-order valence-electron chi connectivity index (χ0n) is 12.7. The highest BCUT2D eigenvalue weighted by Crippen LogP contribution is 2.37. The van der Waals surface area contributed by atoms with Crippen molar-refractivity contribution in [1.82, 2.24) is 4.90 Å². The summed E-state index contributed by atoms with van der Waals surface area (Å²) in [4.78, 5) is 14.6. The summed E-state index contributed by atoms with van der Waals surface area (Å²) >= 11 is 1.55. The van der Waals surface area contributed by atoms with Crippen molar-refractivity contribution < 1.29 is 14.3 Å². The molecule has 0 saturated carbocycles. The highest BCUT2D eigenvalue weighted by atomic mass is 32.1. The number of hydrogen-bond donors (Lipinski definition) is 0. The third-order valence-corrected chi connectivity index (χ3v) is 4.76. The lowest BCUT2D eigenvalue weighted by Crippen LogP contribution is -2.30. The van der Waals surface area contributed by atoms with E-state index in [0.29, 0.717) is 11.5 Å². The topological polar surface area (TPSA) is 38.8 Å². The predicted octanol–water partition coefficient (Wildman–Crippen LogP) is 3.74. The molecule has 0 unspecified atom stereocenters. The molecule has 0 aliphatic carbocycles. The van der Waals surface area contributed by atoms with Gasteiger partial charge in [0.15, 0.2) is 11.5 Å². The van der Waals surface area contributed by atoms with Gasteiger partial charge in [-0.15, -0.1) is 0 Å². The molecule has 0 N–H and O–H groups in total. The molecule has 0 bridgehead atoms. The molecule has 1 aliphatic rings. The highest BCUT2D eigenvalue weighted by Gasteiger charge is 2.31. The van der Waals surface area contributed by atoms with Crippen molar-refractivity contribution in [2.24, 2.45) is 0 Å². The average molecular weight is 317 g/mol. The van der Waals surface area contributed by atoms with Crippen LogP contribution in [0.5, 0.6) is 11.5 Å². The molecule has 3 rings (SSSR count). The molecule has 2 aromatic rings. The van der Waals surface area contributed by atoms with Crippen LogP contribution in [0, 0.1) is 0 Å². The van der Waals surface area contributed by atoms with Crippen LogP contribution in [0.4, 0.5) is 0 Å². The lowest BCUT2D eigenvalue weighted by molar-refractivity contribution is 0.0736. The Morgan fingerprint density at radius 3 is 2.73 bits per heavy atom. The van der Waals surface area contributed by atoms with Crippen molar-refractivity contribution in [2.45, 2.75) is 18.9 Å². The minimum atomic E-state index is 0.104. The third kappa shape index (κ3) is 2.68. The van der Waals surface area contributed by atoms with Gasteiger partial charge < -0.3 is 14.4 Å². The van der Waals surface area contributed by atoms with Crippen molar-refractivity contribution in [3.05, 3.63) is 46.2 Å². The standard InChI is InChI=1S/C17H19NO3S/c1-20-15-6-5-12(10-16(15)21-2)14-4-3-8-18(14)17(19)13-7-9-22-11-13/h5-7,9-11,14H,3-4,8H2,1-2H3/t14-/m1/s1. The number of ether oxygens (including phenoxy) is 2. The minimum Gasteiger partial charge on any atom is -0.493 e. The van der Waals surface area contributed by atoms with Gasteiger partial charge in [0.2, 0.25) is 0 Å². The number of likely N-dealkylation sites (tertiary alicyclic amines) is 1. The van der Waals surface area contributed by atoms with E-state index in [1.54, 1.807) is 25.6 Å². The molecule has 0 spiro atoms. The van der Waals surface area contributed by atoms with Gasteiger partial charge in [-0.1, -0.05) is 6.07 Å². The predicted molar refractivity (Wildman–Crippen MR) is 86.9 cm³/mol. The van der Waals surface area contributed by atoms with E-state index in [4.69, 9.17) is 9.47 Å². The van der Waals surface area contributed by atoms with E-state index in [1.165, 1.54) is 0 Å². The molecular formula is C17H19NO3S. The first kappa shape index (κ1) is 14.9. The molecule has 5 heteroatoms. The summed E-state index contributed by atoms with van der Waals surface area (Å²) in [5.41, 5.74) is 1.87. The van der Waals surface area contributed by atoms with E-state index in [9.17, 15) is 4.79 Å². The maximum atomic E-state index is 12.6. The van der Waals surface area contributed by atoms with Crippen molar-refractivity contribution in [3.63, 3.8) is 0 Å². The number of rotatable bonds is 4. The second-order valence-electron chi connectivity index (χ2n) is 5.28. The lowest BCUT2D eigenvalue weighted by atomic mass is 10.0. The summed E-state index contributed by atoms with van der Waals surface area (Å²) in [5.74, 6) is 1.52. The molecule has 2 heterocycles. The summed E-state index contributed by atoms with van der Waals surface area (Å²) in [6.45, 7) is 0.799. The maximum absolute atomic E-state index is 12.6. The normalized spacial score (nSPS) is 17.5. The van der Waals surface area contributed by atoms with Gasteiger partial charge in [0, 0.05) is 11.9 Å². The van der Waals surface area contributed by atoms with E-state index in [1.807, 2.05) is 39.9 Å². The fourth-order valence-corrected chi connectivity index (χ4v) is 3.60. The number of amides is 1. The Hall–Kier alpha value is -2.01. The summed E-state index contributed by atoms with van der Waals surface area (Å²) in [6, 6.07) is 7.89. The zero-order valence-corrected chi connectivity index (χ0v) is 13.6. The van der Waals surface area contributed by atoms with E-state index in [2.05, 4.69) is 0 Å². The van der Waals surface area contributed by atoms with E-state index in [0.717, 1.165) is 30.5 Å². The fraction of sp³-hybridized carbons (Fsp3) is 0.353. The van der Waals surface area contributed by atoms with Gasteiger partial charge >= 0.3 is 0 Å². The third-order valence-electron chi connectivity index (χ3n) is 4.07. The number of hydrogen-bond acceptors (Lipinski definition) is 4. The Morgan fingerprint density at radius 2 is 2.05 bits per heavy atom. The maximum Gasteiger partial charge on any atom is 0.255 e. The van der Waals surface area contributed by atoms with Crippen LogP contribution in [0.15, 0.2) is 35.0 Å². The molecule has 1 saturated heterocycles. The van der Waals surface area contributed by atoms with Crippen molar-refractivity contribution in [3.8, 4) is 11.5 Å². The van der Waals surface area contributed by atoms with Crippen LogP contribution >= 0.6 is 11.3 Å². The quantitative estimate of drug-likeness (QED) is 0.862. The van der Waals surface area contributed by atoms with Crippen molar-refractivity contribution in [1.29, 1.82) is 0 Å². The molecule has 22 heavy (non-hydrogen) atoms. The number of benzene rings is 1. The van der Waals surface area contributed by atoms with E-state index < -0.39 is 0 Å². The number of carbonyl (C=O) groups is 1. The van der Waals surface area contributed by atoms with Crippen LogP contribution in [0.1, 0.15) is 34.8 Å². The van der Waals surface area contributed by atoms with Gasteiger partial charge in [-0.3, -0.25) is 4.79 Å². The molecule has 1 amide bonds. The van der Waals surface area contributed by atoms with Gasteiger partial charge in [-0.2, -0.15) is 11.3 Å². The first-order chi connectivity index (χ1) is 10.7. The molecule has 1 fully saturated rings. The first-order valence-corrected chi connectivity index (χ1v) is 8.24. The zero-order chi connectivity index (χ0) is 15.5. The Bertz CT molecular complexity index is 654. The van der Waals surface area contributed by atoms with Crippen LogP contribution in [0.2, 0.25) is 0 Å². The summed E-state index contributed by atoms with van der Waals surface area (Å²) in [6.07, 6.45) is 2.00. The smallest absolute Gasteiger partial charge is 0.255 e. The molecule has 1 aromatic carbocycles. The van der Waals surface area contributed by atoms with Gasteiger partial charge in [0.1, 0.15) is 0 Å². The Labute approximate surface area is 134 Å². The number of methoxy groups -OCH3 is 2. The monoisotopic (exact) mass is 317 g/mol. The number of carbonyl (C=O) groups excluding carboxylic acids is 1. The second kappa shape index (κ2) is 6.40. The average Bonchev–Trinajstić information content (AvgIpc) is 3.24. The summed E-state index contributed by atoms with van der Waals surface area (Å²) < 4.78 is 10.7. The molecule has 1 aliphatic heterocycles. The van der Waals surface area contributed by atoms with E-state index in [-0.39, 0.29) is 11.9 Å². The molecule has 1 aromatic heterocycles. The highest BCUT2D eigenvalue weighted by molar-refractivity contribution is 7.08. The van der Waals surface area contributed by atoms with E-state index >= 15 is 0 Å². The first-order valence-electron chi connectivity index (χ1n) is 7.29. The Balaban J connectivity index is 1.88. The van der Waals surface area contributed by atoms with Crippen LogP contribution in [0.3, 0.4) is 0 Å². The van der Waals surface area contributed by atoms with Crippen LogP contribution in [0.25, 0.3) is 0 Å². The number of thiophene rings is 1. The van der Waals surface area contributed by atoms with Crippen molar-refractivity contribution in [2.75, 3.05) is 20.8 Å². The van der Waals surface area contributed by atoms with Crippen LogP contribution < -0.4 is 9.47 Å². The largest absolute Gasteiger partial charge is 0.493 e. The second-order valence-corrected chi connectivity index (χ2v) is 6.06. The fourth-order valence-electron chi connectivity index (χ4n) is 2.97. The van der Waals surface area contributed by atoms with Crippen LogP contribution in [-0.2, 0) is 0 Å². The Kier molecular flexibility index (Phi) is 4.34. The van der Waals surface area contributed by atoms with Crippen LogP contribution in [-0.4, -0.2) is 31.6 Å². The molecular weight excluding hydrogens is 298 g/mol. The molecule has 1 atom stereocenters. The van der Waals surface area contributed by atoms with Crippen molar-refractivity contribution >= 4 is 17.2 Å². The minimum absolute atomic E-state index is 0.104. The summed E-state index contributed by atoms with van der Waals surface area (Å²) in [7, 11) is 3.25. The summed E-state index contributed by atoms with van der Waals surface area (Å²) in [5, 5.41) is 3.85. The lowest BCUT2D eigenvalue weighted by Gasteiger charge is -2.25. The Morgan fingerprint density at radius 1 is 1.23 bits per heavy atom. The molecule has 4 nitrogen and oxygen atoms in total. The van der Waals surface area contributed by atoms with Gasteiger partial charge in [-0.25, -0.2) is 0 Å². The number of nitrogens with zero attached hydrogens (tertiary/aromatic N) is 1.